The molecule has 2 aromatic rings. The van der Waals surface area contributed by atoms with Crippen LogP contribution >= 0.6 is 12.2 Å². The number of imidazole rings is 1. The molecule has 1 amide bonds. The van der Waals surface area contributed by atoms with Crippen LogP contribution in [0.1, 0.15) is 29.9 Å². The molecule has 0 fully saturated rings. The first-order valence-corrected chi connectivity index (χ1v) is 7.02. The molecule has 1 atom stereocenters. The minimum absolute atomic E-state index is 0.140. The van der Waals surface area contributed by atoms with Crippen LogP contribution < -0.4 is 11.1 Å². The molecule has 0 aliphatic carbocycles. The summed E-state index contributed by atoms with van der Waals surface area (Å²) in [6.45, 7) is 5.68. The van der Waals surface area contributed by atoms with E-state index < -0.39 is 0 Å². The van der Waals surface area contributed by atoms with Crippen molar-refractivity contribution in [2.45, 2.75) is 26.8 Å². The van der Waals surface area contributed by atoms with E-state index in [1.165, 1.54) is 0 Å². The van der Waals surface area contributed by atoms with E-state index in [9.17, 15) is 4.79 Å². The van der Waals surface area contributed by atoms with Crippen LogP contribution in [0.3, 0.4) is 0 Å². The maximum absolute atomic E-state index is 12.4. The molecule has 1 unspecified atom stereocenters. The summed E-state index contributed by atoms with van der Waals surface area (Å²) in [7, 11) is 0. The SMILES string of the molecule is Cc1ncn(C(C)C(=O)Nc2ccccc2C(N)=S)c1C. The van der Waals surface area contributed by atoms with E-state index in [2.05, 4.69) is 10.3 Å². The molecule has 2 rings (SSSR count). The molecule has 0 spiro atoms. The maximum atomic E-state index is 12.4. The van der Waals surface area contributed by atoms with Gasteiger partial charge >= 0.3 is 0 Å². The highest BCUT2D eigenvalue weighted by Crippen LogP contribution is 2.18. The highest BCUT2D eigenvalue weighted by molar-refractivity contribution is 7.80. The van der Waals surface area contributed by atoms with Gasteiger partial charge in [-0.15, -0.1) is 0 Å². The van der Waals surface area contributed by atoms with Gasteiger partial charge in [-0.3, -0.25) is 4.79 Å². The fourth-order valence-electron chi connectivity index (χ4n) is 2.08. The molecule has 0 radical (unpaired) electrons. The fourth-order valence-corrected chi connectivity index (χ4v) is 2.25. The van der Waals surface area contributed by atoms with Gasteiger partial charge in [-0.25, -0.2) is 4.98 Å². The number of anilines is 1. The van der Waals surface area contributed by atoms with Gasteiger partial charge in [0.15, 0.2) is 0 Å². The highest BCUT2D eigenvalue weighted by Gasteiger charge is 2.18. The van der Waals surface area contributed by atoms with Crippen LogP contribution in [-0.2, 0) is 4.79 Å². The average Bonchev–Trinajstić information content (AvgIpc) is 2.78. The first-order valence-electron chi connectivity index (χ1n) is 6.61. The Hall–Kier alpha value is -2.21. The molecule has 1 heterocycles. The number of nitrogens with one attached hydrogen (secondary N) is 1. The van der Waals surface area contributed by atoms with Crippen molar-refractivity contribution in [3.05, 3.63) is 47.5 Å². The van der Waals surface area contributed by atoms with Crippen molar-refractivity contribution < 1.29 is 4.79 Å². The predicted octanol–water partition coefficient (Wildman–Crippen LogP) is 2.33. The summed E-state index contributed by atoms with van der Waals surface area (Å²) >= 11 is 5.00. The topological polar surface area (TPSA) is 72.9 Å². The summed E-state index contributed by atoms with van der Waals surface area (Å²) in [6, 6.07) is 6.86. The first kappa shape index (κ1) is 15.2. The van der Waals surface area contributed by atoms with Crippen LogP contribution in [0.5, 0.6) is 0 Å². The van der Waals surface area contributed by atoms with Crippen molar-refractivity contribution in [1.82, 2.24) is 9.55 Å². The minimum atomic E-state index is -0.370. The van der Waals surface area contributed by atoms with Crippen LogP contribution in [-0.4, -0.2) is 20.4 Å². The van der Waals surface area contributed by atoms with Crippen molar-refractivity contribution in [3.63, 3.8) is 0 Å². The van der Waals surface area contributed by atoms with Crippen molar-refractivity contribution in [2.75, 3.05) is 5.32 Å². The number of para-hydroxylation sites is 1. The zero-order chi connectivity index (χ0) is 15.6. The lowest BCUT2D eigenvalue weighted by molar-refractivity contribution is -0.118. The summed E-state index contributed by atoms with van der Waals surface area (Å²) in [6.07, 6.45) is 1.67. The van der Waals surface area contributed by atoms with Crippen molar-refractivity contribution in [1.29, 1.82) is 0 Å². The number of thiocarbonyl (C=S) groups is 1. The number of carbonyl (C=O) groups is 1. The van der Waals surface area contributed by atoms with Gasteiger partial charge in [0.25, 0.3) is 0 Å². The summed E-state index contributed by atoms with van der Waals surface area (Å²) in [5.74, 6) is -0.140. The zero-order valence-corrected chi connectivity index (χ0v) is 13.1. The maximum Gasteiger partial charge on any atom is 0.247 e. The number of hydrogen-bond donors (Lipinski definition) is 2. The number of rotatable bonds is 4. The van der Waals surface area contributed by atoms with Crippen LogP contribution in [0.15, 0.2) is 30.6 Å². The van der Waals surface area contributed by atoms with Crippen LogP contribution in [0, 0.1) is 13.8 Å². The van der Waals surface area contributed by atoms with Gasteiger partial charge in [0.1, 0.15) is 11.0 Å². The molecule has 1 aromatic heterocycles. The Morgan fingerprint density at radius 3 is 2.62 bits per heavy atom. The Morgan fingerprint density at radius 2 is 2.05 bits per heavy atom. The van der Waals surface area contributed by atoms with Crippen LogP contribution in [0.4, 0.5) is 5.69 Å². The molecule has 0 bridgehead atoms. The number of hydrogen-bond acceptors (Lipinski definition) is 3. The molecule has 21 heavy (non-hydrogen) atoms. The molecule has 6 heteroatoms. The fraction of sp³-hybridized carbons (Fsp3) is 0.267. The Balaban J connectivity index is 2.22. The lowest BCUT2D eigenvalue weighted by Crippen LogP contribution is -2.25. The van der Waals surface area contributed by atoms with E-state index >= 15 is 0 Å². The van der Waals surface area contributed by atoms with Gasteiger partial charge in [-0.1, -0.05) is 24.4 Å². The number of nitrogens with two attached hydrogens (primary N) is 1. The summed E-state index contributed by atoms with van der Waals surface area (Å²) in [5.41, 5.74) is 8.84. The molecule has 0 aliphatic heterocycles. The van der Waals surface area contributed by atoms with Gasteiger partial charge in [0, 0.05) is 11.3 Å². The number of carbonyl (C=O) groups excluding carboxylic acids is 1. The second-order valence-electron chi connectivity index (χ2n) is 4.90. The monoisotopic (exact) mass is 302 g/mol. The molecule has 0 saturated heterocycles. The molecule has 0 saturated carbocycles. The van der Waals surface area contributed by atoms with Crippen LogP contribution in [0.25, 0.3) is 0 Å². The number of amides is 1. The second-order valence-corrected chi connectivity index (χ2v) is 5.34. The van der Waals surface area contributed by atoms with Gasteiger partial charge < -0.3 is 15.6 Å². The van der Waals surface area contributed by atoms with Gasteiger partial charge in [-0.2, -0.15) is 0 Å². The van der Waals surface area contributed by atoms with Gasteiger partial charge in [0.2, 0.25) is 5.91 Å². The van der Waals surface area contributed by atoms with E-state index in [4.69, 9.17) is 18.0 Å². The molecule has 1 aromatic carbocycles. The average molecular weight is 302 g/mol. The summed E-state index contributed by atoms with van der Waals surface area (Å²) in [5, 5.41) is 2.87. The standard InChI is InChI=1S/C15H18N4OS/c1-9-10(2)19(8-17-9)11(3)15(20)18-13-7-5-4-6-12(13)14(16)21/h4-8,11H,1-3H3,(H2,16,21)(H,18,20). The molecule has 0 aliphatic rings. The smallest absolute Gasteiger partial charge is 0.247 e. The summed E-state index contributed by atoms with van der Waals surface area (Å²) in [4.78, 5) is 16.9. The third kappa shape index (κ3) is 3.11. The quantitative estimate of drug-likeness (QED) is 0.850. The Kier molecular flexibility index (Phi) is 4.37. The summed E-state index contributed by atoms with van der Waals surface area (Å²) < 4.78 is 1.84. The molecule has 110 valence electrons. The molecular formula is C15H18N4OS. The number of nitrogens with zero attached hydrogens (tertiary/aromatic N) is 2. The number of aryl methyl sites for hydroxylation is 1. The molecule has 3 N–H and O–H groups in total. The van der Waals surface area contributed by atoms with E-state index in [0.717, 1.165) is 11.4 Å². The zero-order valence-electron chi connectivity index (χ0n) is 12.3. The predicted molar refractivity (Wildman–Crippen MR) is 87.4 cm³/mol. The third-order valence-electron chi connectivity index (χ3n) is 3.53. The second kappa shape index (κ2) is 6.05. The lowest BCUT2D eigenvalue weighted by atomic mass is 10.1. The third-order valence-corrected chi connectivity index (χ3v) is 3.75. The Bertz CT molecular complexity index is 693. The largest absolute Gasteiger partial charge is 0.389 e. The molecular weight excluding hydrogens is 284 g/mol. The Labute approximate surface area is 129 Å². The number of aromatic nitrogens is 2. The van der Waals surface area contributed by atoms with E-state index in [1.807, 2.05) is 37.5 Å². The van der Waals surface area contributed by atoms with Crippen molar-refractivity contribution in [2.24, 2.45) is 5.73 Å². The highest BCUT2D eigenvalue weighted by atomic mass is 32.1. The minimum Gasteiger partial charge on any atom is -0.389 e. The van der Waals surface area contributed by atoms with Crippen molar-refractivity contribution in [3.8, 4) is 0 Å². The van der Waals surface area contributed by atoms with E-state index in [-0.39, 0.29) is 16.9 Å². The lowest BCUT2D eigenvalue weighted by Gasteiger charge is -2.17. The Morgan fingerprint density at radius 1 is 1.38 bits per heavy atom. The molecule has 5 nitrogen and oxygen atoms in total. The van der Waals surface area contributed by atoms with Gasteiger partial charge in [0.05, 0.1) is 17.7 Å². The van der Waals surface area contributed by atoms with Crippen LogP contribution in [0.2, 0.25) is 0 Å². The van der Waals surface area contributed by atoms with Crippen molar-refractivity contribution >= 4 is 28.8 Å². The normalized spacial score (nSPS) is 12.0. The van der Waals surface area contributed by atoms with Gasteiger partial charge in [-0.05, 0) is 32.9 Å². The number of benzene rings is 1. The van der Waals surface area contributed by atoms with E-state index in [0.29, 0.717) is 11.3 Å². The van der Waals surface area contributed by atoms with E-state index in [1.54, 1.807) is 18.5 Å². The first-order chi connectivity index (χ1) is 9.91.